The molecule has 0 radical (unpaired) electrons. The highest BCUT2D eigenvalue weighted by molar-refractivity contribution is 6.02. The molecule has 2 aromatic rings. The normalized spacial score (nSPS) is 22.1. The van der Waals surface area contributed by atoms with Crippen molar-refractivity contribution in [2.75, 3.05) is 18.0 Å². The summed E-state index contributed by atoms with van der Waals surface area (Å²) in [5, 5.41) is 7.18. The van der Waals surface area contributed by atoms with Gasteiger partial charge >= 0.3 is 0 Å². The minimum Gasteiger partial charge on any atom is -0.370 e. The number of aromatic nitrogens is 1. The Bertz CT molecular complexity index is 807. The van der Waals surface area contributed by atoms with E-state index in [1.165, 1.54) is 0 Å². The van der Waals surface area contributed by atoms with E-state index in [0.29, 0.717) is 37.2 Å². The van der Waals surface area contributed by atoms with Gasteiger partial charge in [0.05, 0.1) is 5.92 Å². The smallest absolute Gasteiger partial charge is 0.235 e. The average molecular weight is 313 g/mol. The van der Waals surface area contributed by atoms with E-state index in [1.54, 1.807) is 0 Å². The number of rotatable bonds is 3. The topological polar surface area (TPSA) is 92.5 Å². The molecule has 2 fully saturated rings. The number of anilines is 1. The van der Waals surface area contributed by atoms with Crippen LogP contribution in [0.25, 0.3) is 11.0 Å². The summed E-state index contributed by atoms with van der Waals surface area (Å²) in [5.41, 5.74) is 2.16. The second-order valence-electron chi connectivity index (χ2n) is 6.05. The maximum atomic E-state index is 12.0. The molecule has 2 saturated heterocycles. The lowest BCUT2D eigenvalue weighted by Gasteiger charge is -2.38. The fraction of sp³-hybridized carbons (Fsp3) is 0.375. The van der Waals surface area contributed by atoms with Gasteiger partial charge in [-0.15, -0.1) is 0 Å². The van der Waals surface area contributed by atoms with E-state index in [1.807, 2.05) is 18.2 Å². The number of aldehydes is 1. The van der Waals surface area contributed by atoms with Crippen LogP contribution in [0.15, 0.2) is 22.7 Å². The molecule has 1 aromatic heterocycles. The number of carbonyl (C=O) groups excluding carboxylic acids is 3. The molecule has 7 nitrogen and oxygen atoms in total. The van der Waals surface area contributed by atoms with E-state index in [-0.39, 0.29) is 17.7 Å². The lowest BCUT2D eigenvalue weighted by Crippen LogP contribution is -2.47. The number of benzene rings is 1. The predicted octanol–water partition coefficient (Wildman–Crippen LogP) is 0.983. The van der Waals surface area contributed by atoms with Crippen LogP contribution in [0, 0.1) is 5.92 Å². The number of amides is 2. The van der Waals surface area contributed by atoms with Crippen molar-refractivity contribution in [1.82, 2.24) is 10.5 Å². The molecule has 1 unspecified atom stereocenters. The van der Waals surface area contributed by atoms with E-state index in [2.05, 4.69) is 15.4 Å². The maximum absolute atomic E-state index is 12.0. The summed E-state index contributed by atoms with van der Waals surface area (Å²) in [7, 11) is 0. The average Bonchev–Trinajstić information content (AvgIpc) is 2.89. The van der Waals surface area contributed by atoms with Crippen LogP contribution >= 0.6 is 0 Å². The van der Waals surface area contributed by atoms with E-state index in [4.69, 9.17) is 4.52 Å². The van der Waals surface area contributed by atoms with Crippen molar-refractivity contribution < 1.29 is 18.9 Å². The molecule has 1 atom stereocenters. The van der Waals surface area contributed by atoms with Gasteiger partial charge in [0.15, 0.2) is 5.58 Å². The number of hydrogen-bond acceptors (Lipinski definition) is 6. The number of hydrogen-bond donors (Lipinski definition) is 1. The minimum atomic E-state index is -0.455. The highest BCUT2D eigenvalue weighted by atomic mass is 16.5. The minimum absolute atomic E-state index is 0.0967. The Hall–Kier alpha value is -2.70. The first-order valence-electron chi connectivity index (χ1n) is 7.59. The van der Waals surface area contributed by atoms with Crippen LogP contribution in [0.2, 0.25) is 0 Å². The molecule has 1 N–H and O–H groups in total. The van der Waals surface area contributed by atoms with Gasteiger partial charge in [-0.3, -0.25) is 14.9 Å². The van der Waals surface area contributed by atoms with Gasteiger partial charge in [-0.2, -0.15) is 0 Å². The van der Waals surface area contributed by atoms with Gasteiger partial charge in [0.2, 0.25) is 11.8 Å². The van der Waals surface area contributed by atoms with Gasteiger partial charge in [-0.25, -0.2) is 0 Å². The monoisotopic (exact) mass is 313 g/mol. The van der Waals surface area contributed by atoms with Crippen molar-refractivity contribution in [3.8, 4) is 0 Å². The van der Waals surface area contributed by atoms with Crippen molar-refractivity contribution in [2.45, 2.75) is 18.8 Å². The highest BCUT2D eigenvalue weighted by Gasteiger charge is 2.32. The van der Waals surface area contributed by atoms with E-state index in [0.717, 1.165) is 17.4 Å². The van der Waals surface area contributed by atoms with Gasteiger partial charge in [0.25, 0.3) is 0 Å². The Morgan fingerprint density at radius 2 is 2.13 bits per heavy atom. The van der Waals surface area contributed by atoms with Crippen molar-refractivity contribution in [2.24, 2.45) is 5.92 Å². The number of fused-ring (bicyclic) bond motifs is 1. The Kier molecular flexibility index (Phi) is 3.14. The Morgan fingerprint density at radius 3 is 2.87 bits per heavy atom. The Morgan fingerprint density at radius 1 is 1.30 bits per heavy atom. The summed E-state index contributed by atoms with van der Waals surface area (Å²) in [6, 6.07) is 5.70. The zero-order chi connectivity index (χ0) is 16.0. The van der Waals surface area contributed by atoms with Crippen molar-refractivity contribution in [3.05, 3.63) is 23.9 Å². The van der Waals surface area contributed by atoms with Crippen LogP contribution < -0.4 is 10.2 Å². The van der Waals surface area contributed by atoms with Crippen molar-refractivity contribution in [3.63, 3.8) is 0 Å². The second-order valence-corrected chi connectivity index (χ2v) is 6.05. The molecule has 7 heteroatoms. The lowest BCUT2D eigenvalue weighted by molar-refractivity contribution is -0.134. The molecule has 0 bridgehead atoms. The van der Waals surface area contributed by atoms with Crippen LogP contribution in [0.5, 0.6) is 0 Å². The summed E-state index contributed by atoms with van der Waals surface area (Å²) in [4.78, 5) is 36.0. The zero-order valence-electron chi connectivity index (χ0n) is 12.3. The van der Waals surface area contributed by atoms with Gasteiger partial charge in [0, 0.05) is 42.6 Å². The third-order valence-electron chi connectivity index (χ3n) is 4.52. The summed E-state index contributed by atoms with van der Waals surface area (Å²) < 4.78 is 5.38. The molecule has 2 aliphatic rings. The molecular weight excluding hydrogens is 298 g/mol. The molecule has 3 heterocycles. The maximum Gasteiger partial charge on any atom is 0.235 e. The number of piperidine rings is 1. The lowest BCUT2D eigenvalue weighted by atomic mass is 9.92. The van der Waals surface area contributed by atoms with Crippen LogP contribution in [0.4, 0.5) is 5.69 Å². The molecule has 0 spiro atoms. The van der Waals surface area contributed by atoms with Gasteiger partial charge in [-0.1, -0.05) is 5.16 Å². The van der Waals surface area contributed by atoms with Crippen LogP contribution in [-0.2, 0) is 14.4 Å². The second kappa shape index (κ2) is 5.19. The first-order valence-corrected chi connectivity index (χ1v) is 7.59. The van der Waals surface area contributed by atoms with Crippen LogP contribution in [0.3, 0.4) is 0 Å². The van der Waals surface area contributed by atoms with Crippen LogP contribution in [0.1, 0.15) is 24.5 Å². The van der Waals surface area contributed by atoms with E-state index >= 15 is 0 Å². The number of nitrogens with zero attached hydrogens (tertiary/aromatic N) is 2. The molecular formula is C16H15N3O4. The Balaban J connectivity index is 1.62. The Labute approximate surface area is 131 Å². The number of carbonyl (C=O) groups is 3. The van der Waals surface area contributed by atoms with Crippen molar-refractivity contribution >= 4 is 34.8 Å². The van der Waals surface area contributed by atoms with Crippen molar-refractivity contribution in [1.29, 1.82) is 0 Å². The van der Waals surface area contributed by atoms with Gasteiger partial charge in [0.1, 0.15) is 12.0 Å². The molecule has 118 valence electrons. The van der Waals surface area contributed by atoms with Gasteiger partial charge < -0.3 is 14.2 Å². The molecule has 4 rings (SSSR count). The summed E-state index contributed by atoms with van der Waals surface area (Å²) in [5.74, 6) is -0.927. The first-order chi connectivity index (χ1) is 11.2. The highest BCUT2D eigenvalue weighted by Crippen LogP contribution is 2.33. The molecule has 2 aliphatic heterocycles. The third kappa shape index (κ3) is 2.28. The largest absolute Gasteiger partial charge is 0.370 e. The molecule has 0 saturated carbocycles. The third-order valence-corrected chi connectivity index (χ3v) is 4.52. The molecule has 0 aliphatic carbocycles. The molecule has 2 amide bonds. The summed E-state index contributed by atoms with van der Waals surface area (Å²) in [6.45, 7) is 1.42. The number of nitrogens with one attached hydrogen (secondary N) is 1. The number of imide groups is 1. The molecule has 23 heavy (non-hydrogen) atoms. The standard InChI is InChI=1S/C16H15N3O4/c20-8-9-6-19(7-9)10-1-2-11-13(5-10)23-18-15(11)12-3-4-14(21)17-16(12)22/h1-2,5,8-9,12H,3-4,6-7H2,(H,17,21,22). The van der Waals surface area contributed by atoms with Gasteiger partial charge in [-0.05, 0) is 18.6 Å². The first kappa shape index (κ1) is 13.9. The molecule has 1 aromatic carbocycles. The predicted molar refractivity (Wildman–Crippen MR) is 80.9 cm³/mol. The SMILES string of the molecule is O=CC1CN(c2ccc3c(C4CCC(=O)NC4=O)noc3c2)C1. The fourth-order valence-corrected chi connectivity index (χ4v) is 3.16. The van der Waals surface area contributed by atoms with E-state index in [9.17, 15) is 14.4 Å². The summed E-state index contributed by atoms with van der Waals surface area (Å²) >= 11 is 0. The van der Waals surface area contributed by atoms with E-state index < -0.39 is 5.92 Å². The quantitative estimate of drug-likeness (QED) is 0.671. The zero-order valence-corrected chi connectivity index (χ0v) is 12.3. The fourth-order valence-electron chi connectivity index (χ4n) is 3.16. The van der Waals surface area contributed by atoms with Crippen LogP contribution in [-0.4, -0.2) is 36.3 Å². The summed E-state index contributed by atoms with van der Waals surface area (Å²) in [6.07, 6.45) is 1.73.